The first-order valence-electron chi connectivity index (χ1n) is 9.94. The van der Waals surface area contributed by atoms with Crippen molar-refractivity contribution in [2.45, 2.75) is 10.9 Å². The van der Waals surface area contributed by atoms with E-state index in [4.69, 9.17) is 23.2 Å². The number of hydrogen-bond acceptors (Lipinski definition) is 5. The predicted octanol–water partition coefficient (Wildman–Crippen LogP) is 5.44. The topological polar surface area (TPSA) is 88.9 Å². The van der Waals surface area contributed by atoms with Gasteiger partial charge in [0.05, 0.1) is 4.90 Å². The van der Waals surface area contributed by atoms with Crippen LogP contribution in [0, 0.1) is 0 Å². The van der Waals surface area contributed by atoms with E-state index in [0.717, 1.165) is 16.8 Å². The molecule has 33 heavy (non-hydrogen) atoms. The number of allylic oxidation sites excluding steroid dienone is 1. The van der Waals surface area contributed by atoms with Gasteiger partial charge in [-0.05, 0) is 53.6 Å². The van der Waals surface area contributed by atoms with Crippen molar-refractivity contribution in [3.8, 4) is 0 Å². The van der Waals surface area contributed by atoms with Gasteiger partial charge < -0.3 is 5.32 Å². The molecule has 0 aliphatic carbocycles. The van der Waals surface area contributed by atoms with E-state index in [1.165, 1.54) is 24.3 Å². The Kier molecular flexibility index (Phi) is 5.57. The highest BCUT2D eigenvalue weighted by atomic mass is 35.5. The second kappa shape index (κ2) is 8.55. The van der Waals surface area contributed by atoms with E-state index < -0.39 is 10.0 Å². The monoisotopic (exact) mass is 497 g/mol. The Morgan fingerprint density at radius 2 is 1.52 bits per heavy atom. The Morgan fingerprint density at radius 1 is 0.879 bits per heavy atom. The van der Waals surface area contributed by atoms with Crippen molar-refractivity contribution < 1.29 is 8.42 Å². The fourth-order valence-electron chi connectivity index (χ4n) is 3.51. The van der Waals surface area contributed by atoms with E-state index in [0.29, 0.717) is 16.0 Å². The average Bonchev–Trinajstić information content (AvgIpc) is 3.21. The molecule has 0 saturated carbocycles. The van der Waals surface area contributed by atoms with Crippen molar-refractivity contribution in [2.75, 3.05) is 10.0 Å². The molecule has 2 heterocycles. The lowest BCUT2D eigenvalue weighted by Crippen LogP contribution is -2.20. The number of aromatic nitrogens is 3. The van der Waals surface area contributed by atoms with Crippen molar-refractivity contribution >= 4 is 50.8 Å². The van der Waals surface area contributed by atoms with Gasteiger partial charge in [-0.25, -0.2) is 17.8 Å². The number of hydrogen-bond donors (Lipinski definition) is 2. The van der Waals surface area contributed by atoms with Crippen LogP contribution in [-0.4, -0.2) is 23.2 Å². The van der Waals surface area contributed by atoms with Gasteiger partial charge in [0.25, 0.3) is 16.0 Å². The van der Waals surface area contributed by atoms with Gasteiger partial charge in [-0.3, -0.25) is 0 Å². The van der Waals surface area contributed by atoms with Crippen LogP contribution in [0.4, 0.5) is 11.9 Å². The fraction of sp³-hybridized carbons (Fsp3) is 0.0435. The SMILES string of the molecule is O=S(=O)(Nc1nc2n(n1)[C@@H](c1ccc(Cl)cc1)C=C(c1ccccc1)N2)c1ccc(Cl)cc1. The smallest absolute Gasteiger partial charge is 0.264 e. The van der Waals surface area contributed by atoms with Gasteiger partial charge in [-0.1, -0.05) is 65.7 Å². The average molecular weight is 498 g/mol. The first kappa shape index (κ1) is 21.5. The third kappa shape index (κ3) is 4.45. The molecule has 0 spiro atoms. The molecule has 5 rings (SSSR count). The number of anilines is 2. The third-order valence-corrected chi connectivity index (χ3v) is 6.96. The second-order valence-corrected chi connectivity index (χ2v) is 9.89. The Hall–Kier alpha value is -3.33. The van der Waals surface area contributed by atoms with Crippen LogP contribution in [0.5, 0.6) is 0 Å². The first-order valence-corrected chi connectivity index (χ1v) is 12.2. The highest BCUT2D eigenvalue weighted by molar-refractivity contribution is 7.92. The molecule has 1 aliphatic heterocycles. The van der Waals surface area contributed by atoms with Crippen molar-refractivity contribution in [1.29, 1.82) is 0 Å². The summed E-state index contributed by atoms with van der Waals surface area (Å²) in [6, 6.07) is 22.7. The summed E-state index contributed by atoms with van der Waals surface area (Å²) >= 11 is 11.9. The number of halogens is 2. The number of fused-ring (bicyclic) bond motifs is 1. The number of rotatable bonds is 5. The van der Waals surface area contributed by atoms with Crippen LogP contribution in [-0.2, 0) is 10.0 Å². The van der Waals surface area contributed by atoms with Crippen LogP contribution in [0.3, 0.4) is 0 Å². The lowest BCUT2D eigenvalue weighted by molar-refractivity contribution is 0.598. The van der Waals surface area contributed by atoms with Crippen molar-refractivity contribution in [3.63, 3.8) is 0 Å². The van der Waals surface area contributed by atoms with E-state index >= 15 is 0 Å². The normalized spacial score (nSPS) is 15.3. The summed E-state index contributed by atoms with van der Waals surface area (Å²) < 4.78 is 29.7. The van der Waals surface area contributed by atoms with Crippen molar-refractivity contribution in [1.82, 2.24) is 14.8 Å². The quantitative estimate of drug-likeness (QED) is 0.383. The maximum atomic E-state index is 12.8. The van der Waals surface area contributed by atoms with Crippen LogP contribution in [0.1, 0.15) is 17.2 Å². The Morgan fingerprint density at radius 3 is 2.18 bits per heavy atom. The molecule has 0 unspecified atom stereocenters. The van der Waals surface area contributed by atoms with Gasteiger partial charge in [0.1, 0.15) is 6.04 Å². The van der Waals surface area contributed by atoms with E-state index in [1.807, 2.05) is 48.5 Å². The molecule has 3 aromatic carbocycles. The van der Waals surface area contributed by atoms with Gasteiger partial charge >= 0.3 is 0 Å². The van der Waals surface area contributed by atoms with Crippen LogP contribution < -0.4 is 10.0 Å². The molecule has 0 amide bonds. The lowest BCUT2D eigenvalue weighted by Gasteiger charge is -2.24. The minimum absolute atomic E-state index is 0.0471. The van der Waals surface area contributed by atoms with Gasteiger partial charge in [0, 0.05) is 15.7 Å². The molecule has 1 atom stereocenters. The molecular formula is C23H17Cl2N5O2S. The minimum atomic E-state index is -3.89. The fourth-order valence-corrected chi connectivity index (χ4v) is 4.70. The Bertz CT molecular complexity index is 1430. The zero-order chi connectivity index (χ0) is 23.0. The van der Waals surface area contributed by atoms with Crippen LogP contribution in [0.25, 0.3) is 5.70 Å². The zero-order valence-corrected chi connectivity index (χ0v) is 19.3. The molecule has 0 bridgehead atoms. The van der Waals surface area contributed by atoms with Crippen molar-refractivity contribution in [2.24, 2.45) is 0 Å². The maximum absolute atomic E-state index is 12.8. The number of nitrogens with one attached hydrogen (secondary N) is 2. The van der Waals surface area contributed by atoms with Crippen LogP contribution in [0.15, 0.2) is 89.8 Å². The summed E-state index contributed by atoms with van der Waals surface area (Å²) in [6.45, 7) is 0. The highest BCUT2D eigenvalue weighted by Gasteiger charge is 2.27. The second-order valence-electron chi connectivity index (χ2n) is 7.33. The summed E-state index contributed by atoms with van der Waals surface area (Å²) in [6.07, 6.45) is 2.01. The molecule has 7 nitrogen and oxygen atoms in total. The highest BCUT2D eigenvalue weighted by Crippen LogP contribution is 2.34. The van der Waals surface area contributed by atoms with E-state index in [1.54, 1.807) is 16.8 Å². The summed E-state index contributed by atoms with van der Waals surface area (Å²) in [5.41, 5.74) is 2.73. The third-order valence-electron chi connectivity index (χ3n) is 5.11. The van der Waals surface area contributed by atoms with Gasteiger partial charge in [-0.2, -0.15) is 4.98 Å². The molecule has 0 radical (unpaired) electrons. The molecule has 10 heteroatoms. The molecular weight excluding hydrogens is 481 g/mol. The number of nitrogens with zero attached hydrogens (tertiary/aromatic N) is 3. The van der Waals surface area contributed by atoms with Gasteiger partial charge in [0.15, 0.2) is 0 Å². The zero-order valence-electron chi connectivity index (χ0n) is 17.0. The predicted molar refractivity (Wildman–Crippen MR) is 130 cm³/mol. The molecule has 166 valence electrons. The van der Waals surface area contributed by atoms with Crippen molar-refractivity contribution in [3.05, 3.63) is 106 Å². The summed E-state index contributed by atoms with van der Waals surface area (Å²) in [7, 11) is -3.89. The van der Waals surface area contributed by atoms with Crippen LogP contribution in [0.2, 0.25) is 10.0 Å². The van der Waals surface area contributed by atoms with Gasteiger partial charge in [0.2, 0.25) is 5.95 Å². The summed E-state index contributed by atoms with van der Waals surface area (Å²) in [5, 5.41) is 8.75. The molecule has 4 aromatic rings. The largest absolute Gasteiger partial charge is 0.324 e. The molecule has 0 fully saturated rings. The van der Waals surface area contributed by atoms with Gasteiger partial charge in [-0.15, -0.1) is 5.10 Å². The molecule has 0 saturated heterocycles. The van der Waals surface area contributed by atoms with E-state index in [-0.39, 0.29) is 16.9 Å². The van der Waals surface area contributed by atoms with Crippen LogP contribution >= 0.6 is 23.2 Å². The Balaban J connectivity index is 1.53. The first-order chi connectivity index (χ1) is 15.9. The maximum Gasteiger partial charge on any atom is 0.264 e. The molecule has 1 aromatic heterocycles. The van der Waals surface area contributed by atoms with E-state index in [9.17, 15) is 8.42 Å². The summed E-state index contributed by atoms with van der Waals surface area (Å²) in [4.78, 5) is 4.47. The Labute approximate surface area is 200 Å². The minimum Gasteiger partial charge on any atom is -0.324 e. The standard InChI is InChI=1S/C23H17Cl2N5O2S/c24-17-8-6-16(7-9-17)21-14-20(15-4-2-1-3-5-15)26-23-27-22(28-30(21)23)29-33(31,32)19-12-10-18(25)11-13-19/h1-14,21H,(H2,26,27,28,29)/t21-/m1/s1. The summed E-state index contributed by atoms with van der Waals surface area (Å²) in [5.74, 6) is 0.360. The molecule has 1 aliphatic rings. The lowest BCUT2D eigenvalue weighted by atomic mass is 10.0. The number of benzene rings is 3. The number of sulfonamides is 1. The molecule has 2 N–H and O–H groups in total. The van der Waals surface area contributed by atoms with E-state index in [2.05, 4.69) is 20.1 Å².